The maximum absolute atomic E-state index is 11.9. The number of nitrogens with zero attached hydrogens (tertiary/aromatic N) is 1. The van der Waals surface area contributed by atoms with Crippen LogP contribution in [0.1, 0.15) is 48.4 Å². The van der Waals surface area contributed by atoms with Crippen LogP contribution in [0.4, 0.5) is 5.69 Å². The number of aryl methyl sites for hydroxylation is 2. The zero-order valence-electron chi connectivity index (χ0n) is 16.8. The summed E-state index contributed by atoms with van der Waals surface area (Å²) in [4.78, 5) is 16.4. The van der Waals surface area contributed by atoms with Crippen molar-refractivity contribution >= 4 is 33.6 Å². The number of amidine groups is 1. The number of nitrogens with two attached hydrogens (primary N) is 1. The van der Waals surface area contributed by atoms with Gasteiger partial charge in [-0.3, -0.25) is 0 Å². The molecule has 0 aliphatic heterocycles. The van der Waals surface area contributed by atoms with Gasteiger partial charge in [-0.1, -0.05) is 37.7 Å². The van der Waals surface area contributed by atoms with Crippen LogP contribution in [0, 0.1) is 13.8 Å². The first-order valence-electron chi connectivity index (χ1n) is 9.48. The second-order valence-corrected chi connectivity index (χ2v) is 8.16. The maximum Gasteiger partial charge on any atom is 0.336 e. The van der Waals surface area contributed by atoms with Crippen LogP contribution in [-0.4, -0.2) is 5.17 Å². The first-order chi connectivity index (χ1) is 13.4. The fourth-order valence-electron chi connectivity index (χ4n) is 3.03. The summed E-state index contributed by atoms with van der Waals surface area (Å²) >= 11 is 1.42. The molecule has 0 saturated carbocycles. The Morgan fingerprint density at radius 2 is 1.82 bits per heavy atom. The molecule has 0 spiro atoms. The predicted octanol–water partition coefficient (Wildman–Crippen LogP) is 5.80. The Labute approximate surface area is 169 Å². The molecule has 5 heteroatoms. The lowest BCUT2D eigenvalue weighted by Crippen LogP contribution is -2.07. The number of benzene rings is 2. The van der Waals surface area contributed by atoms with Crippen molar-refractivity contribution in [2.75, 3.05) is 0 Å². The van der Waals surface area contributed by atoms with Crippen molar-refractivity contribution in [2.45, 2.75) is 45.8 Å². The second-order valence-electron chi connectivity index (χ2n) is 7.16. The van der Waals surface area contributed by atoms with E-state index in [2.05, 4.69) is 44.0 Å². The van der Waals surface area contributed by atoms with Crippen LogP contribution in [0.15, 0.2) is 56.7 Å². The van der Waals surface area contributed by atoms with E-state index >= 15 is 0 Å². The molecule has 4 nitrogen and oxygen atoms in total. The molecule has 1 heterocycles. The fourth-order valence-corrected chi connectivity index (χ4v) is 3.74. The molecule has 0 bridgehead atoms. The normalized spacial score (nSPS) is 13.1. The molecule has 3 rings (SSSR count). The zero-order chi connectivity index (χ0) is 20.3. The summed E-state index contributed by atoms with van der Waals surface area (Å²) in [5, 5.41) is 1.42. The first-order valence-corrected chi connectivity index (χ1v) is 10.5. The largest absolute Gasteiger partial charge is 0.423 e. The summed E-state index contributed by atoms with van der Waals surface area (Å²) < 4.78 is 5.35. The van der Waals surface area contributed by atoms with Crippen LogP contribution >= 0.6 is 11.8 Å². The Balaban J connectivity index is 1.79. The van der Waals surface area contributed by atoms with E-state index in [1.54, 1.807) is 0 Å². The number of aliphatic imine (C=N–C) groups is 1. The van der Waals surface area contributed by atoms with E-state index in [4.69, 9.17) is 10.2 Å². The molecule has 146 valence electrons. The highest BCUT2D eigenvalue weighted by Crippen LogP contribution is 2.26. The fraction of sp³-hybridized carbons (Fsp3) is 0.304. The van der Waals surface area contributed by atoms with Crippen molar-refractivity contribution in [1.82, 2.24) is 0 Å². The Morgan fingerprint density at radius 3 is 2.50 bits per heavy atom. The zero-order valence-corrected chi connectivity index (χ0v) is 17.6. The summed E-state index contributed by atoms with van der Waals surface area (Å²) in [7, 11) is 0. The lowest BCUT2D eigenvalue weighted by Gasteiger charge is -2.09. The van der Waals surface area contributed by atoms with Gasteiger partial charge in [0.25, 0.3) is 0 Å². The van der Waals surface area contributed by atoms with Gasteiger partial charge in [0.2, 0.25) is 0 Å². The molecule has 0 aliphatic rings. The molecule has 1 atom stereocenters. The van der Waals surface area contributed by atoms with Gasteiger partial charge in [-0.25, -0.2) is 9.79 Å². The van der Waals surface area contributed by atoms with Gasteiger partial charge in [0.05, 0.1) is 5.69 Å². The average Bonchev–Trinajstić information content (AvgIpc) is 2.67. The topological polar surface area (TPSA) is 68.6 Å². The summed E-state index contributed by atoms with van der Waals surface area (Å²) in [5.74, 6) is 1.10. The number of fused-ring (bicyclic) bond motifs is 1. The average molecular weight is 395 g/mol. The van der Waals surface area contributed by atoms with Gasteiger partial charge >= 0.3 is 5.63 Å². The van der Waals surface area contributed by atoms with Gasteiger partial charge in [0.1, 0.15) is 5.58 Å². The van der Waals surface area contributed by atoms with E-state index in [1.807, 2.05) is 25.1 Å². The summed E-state index contributed by atoms with van der Waals surface area (Å²) in [6, 6.07) is 13.7. The van der Waals surface area contributed by atoms with E-state index in [0.29, 0.717) is 22.4 Å². The molecule has 0 fully saturated rings. The van der Waals surface area contributed by atoms with Gasteiger partial charge in [-0.05, 0) is 72.7 Å². The predicted molar refractivity (Wildman–Crippen MR) is 120 cm³/mol. The number of thioether (sulfide) groups is 1. The molecule has 0 saturated heterocycles. The maximum atomic E-state index is 11.9. The monoisotopic (exact) mass is 394 g/mol. The molecule has 2 aromatic carbocycles. The molecule has 0 amide bonds. The highest BCUT2D eigenvalue weighted by molar-refractivity contribution is 8.13. The second kappa shape index (κ2) is 8.65. The molecule has 0 unspecified atom stereocenters. The summed E-state index contributed by atoms with van der Waals surface area (Å²) in [6.07, 6.45) is 1.11. The van der Waals surface area contributed by atoms with Gasteiger partial charge < -0.3 is 10.2 Å². The van der Waals surface area contributed by atoms with Crippen LogP contribution in [-0.2, 0) is 5.75 Å². The van der Waals surface area contributed by atoms with E-state index in [-0.39, 0.29) is 5.63 Å². The third-order valence-corrected chi connectivity index (χ3v) is 5.98. The highest BCUT2D eigenvalue weighted by atomic mass is 32.2. The summed E-state index contributed by atoms with van der Waals surface area (Å²) in [6.45, 7) is 8.46. The highest BCUT2D eigenvalue weighted by Gasteiger charge is 2.09. The third kappa shape index (κ3) is 4.65. The number of rotatable bonds is 5. The Bertz CT molecular complexity index is 1070. The van der Waals surface area contributed by atoms with Crippen LogP contribution < -0.4 is 11.4 Å². The minimum absolute atomic E-state index is 0.345. The number of hydrogen-bond donors (Lipinski definition) is 1. The first kappa shape index (κ1) is 20.2. The SMILES string of the molecule is CC[C@@H](C)c1ccc(N=C(N)SCc2cc(=O)oc3cc(C)c(C)cc23)cc1. The van der Waals surface area contributed by atoms with Gasteiger partial charge in [-0.2, -0.15) is 0 Å². The number of hydrogen-bond acceptors (Lipinski definition) is 4. The van der Waals surface area contributed by atoms with E-state index in [1.165, 1.54) is 23.4 Å². The Morgan fingerprint density at radius 1 is 1.14 bits per heavy atom. The molecule has 3 aromatic rings. The van der Waals surface area contributed by atoms with Crippen LogP contribution in [0.3, 0.4) is 0 Å². The van der Waals surface area contributed by atoms with Crippen molar-refractivity contribution in [3.63, 3.8) is 0 Å². The van der Waals surface area contributed by atoms with E-state index in [0.717, 1.165) is 34.2 Å². The van der Waals surface area contributed by atoms with Crippen molar-refractivity contribution in [3.05, 3.63) is 75.1 Å². The molecule has 2 N–H and O–H groups in total. The van der Waals surface area contributed by atoms with Crippen LogP contribution in [0.2, 0.25) is 0 Å². The van der Waals surface area contributed by atoms with Gasteiger partial charge in [0.15, 0.2) is 5.17 Å². The van der Waals surface area contributed by atoms with E-state index < -0.39 is 0 Å². The van der Waals surface area contributed by atoms with Gasteiger partial charge in [0, 0.05) is 17.2 Å². The van der Waals surface area contributed by atoms with Crippen LogP contribution in [0.25, 0.3) is 11.0 Å². The third-order valence-electron chi connectivity index (χ3n) is 5.13. The minimum Gasteiger partial charge on any atom is -0.423 e. The van der Waals surface area contributed by atoms with Crippen molar-refractivity contribution in [1.29, 1.82) is 0 Å². The quantitative estimate of drug-likeness (QED) is 0.337. The molecule has 1 aromatic heterocycles. The molecule has 28 heavy (non-hydrogen) atoms. The lowest BCUT2D eigenvalue weighted by molar-refractivity contribution is 0.559. The molecule has 0 radical (unpaired) electrons. The Hall–Kier alpha value is -2.53. The molecular formula is C23H26N2O2S. The molecular weight excluding hydrogens is 368 g/mol. The minimum atomic E-state index is -0.345. The van der Waals surface area contributed by atoms with E-state index in [9.17, 15) is 4.79 Å². The lowest BCUT2D eigenvalue weighted by atomic mass is 9.99. The van der Waals surface area contributed by atoms with Crippen molar-refractivity contribution in [2.24, 2.45) is 10.7 Å². The summed E-state index contributed by atoms with van der Waals surface area (Å²) in [5.41, 5.74) is 11.7. The standard InChI is InChI=1S/C23H26N2O2S/c1-5-14(2)17-6-8-19(9-7-17)25-23(24)28-13-18-12-22(26)27-21-11-16(4)15(3)10-20(18)21/h6-12,14H,5,13H2,1-4H3,(H2,24,25)/t14-/m1/s1. The van der Waals surface area contributed by atoms with Gasteiger partial charge in [-0.15, -0.1) is 0 Å². The Kier molecular flexibility index (Phi) is 6.25. The van der Waals surface area contributed by atoms with Crippen LogP contribution in [0.5, 0.6) is 0 Å². The smallest absolute Gasteiger partial charge is 0.336 e. The van der Waals surface area contributed by atoms with Crippen molar-refractivity contribution in [3.8, 4) is 0 Å². The van der Waals surface area contributed by atoms with Crippen molar-refractivity contribution < 1.29 is 4.42 Å². The molecule has 0 aliphatic carbocycles.